The van der Waals surface area contributed by atoms with Gasteiger partial charge in [-0.1, -0.05) is 23.8 Å². The highest BCUT2D eigenvalue weighted by Crippen LogP contribution is 2.25. The van der Waals surface area contributed by atoms with Crippen LogP contribution in [0.1, 0.15) is 12.0 Å². The number of ether oxygens (including phenoxy) is 1. The molecule has 0 aromatic heterocycles. The molecular formula is C12H15ClN2O3S2. The van der Waals surface area contributed by atoms with E-state index in [0.717, 1.165) is 0 Å². The van der Waals surface area contributed by atoms with E-state index in [1.54, 1.807) is 7.05 Å². The zero-order valence-electron chi connectivity index (χ0n) is 10.9. The third-order valence-electron chi connectivity index (χ3n) is 3.30. The predicted molar refractivity (Wildman–Crippen MR) is 81.5 cm³/mol. The number of hydrogen-bond acceptors (Lipinski definition) is 4. The summed E-state index contributed by atoms with van der Waals surface area (Å²) in [5.41, 5.74) is 5.97. The molecule has 8 heteroatoms. The lowest BCUT2D eigenvalue weighted by Gasteiger charge is -2.22. The number of nitrogens with two attached hydrogens (primary N) is 1. The van der Waals surface area contributed by atoms with Gasteiger partial charge in [0.25, 0.3) is 0 Å². The minimum Gasteiger partial charge on any atom is -0.389 e. The lowest BCUT2D eigenvalue weighted by atomic mass is 10.2. The van der Waals surface area contributed by atoms with Crippen molar-refractivity contribution in [2.75, 3.05) is 20.3 Å². The van der Waals surface area contributed by atoms with E-state index < -0.39 is 10.0 Å². The molecule has 0 radical (unpaired) electrons. The van der Waals surface area contributed by atoms with Gasteiger partial charge in [-0.25, -0.2) is 8.42 Å². The molecule has 2 N–H and O–H groups in total. The van der Waals surface area contributed by atoms with Gasteiger partial charge in [-0.2, -0.15) is 4.31 Å². The molecule has 1 atom stereocenters. The second kappa shape index (κ2) is 5.95. The Labute approximate surface area is 128 Å². The maximum atomic E-state index is 12.5. The topological polar surface area (TPSA) is 72.6 Å². The zero-order valence-corrected chi connectivity index (χ0v) is 13.3. The Morgan fingerprint density at radius 3 is 2.75 bits per heavy atom. The molecule has 1 aliphatic rings. The van der Waals surface area contributed by atoms with Crippen molar-refractivity contribution >= 4 is 38.8 Å². The van der Waals surface area contributed by atoms with E-state index >= 15 is 0 Å². The van der Waals surface area contributed by atoms with Gasteiger partial charge in [0.1, 0.15) is 4.99 Å². The lowest BCUT2D eigenvalue weighted by molar-refractivity contribution is 0.181. The van der Waals surface area contributed by atoms with E-state index in [1.165, 1.54) is 22.5 Å². The van der Waals surface area contributed by atoms with Gasteiger partial charge in [0.05, 0.1) is 22.6 Å². The minimum atomic E-state index is -3.60. The van der Waals surface area contributed by atoms with Crippen LogP contribution in [0, 0.1) is 0 Å². The van der Waals surface area contributed by atoms with Gasteiger partial charge < -0.3 is 10.5 Å². The Morgan fingerprint density at radius 2 is 2.25 bits per heavy atom. The summed E-state index contributed by atoms with van der Waals surface area (Å²) in [6.45, 7) is 0.986. The van der Waals surface area contributed by atoms with Gasteiger partial charge in [0, 0.05) is 19.2 Å². The van der Waals surface area contributed by atoms with Crippen molar-refractivity contribution in [2.45, 2.75) is 17.4 Å². The number of sulfonamides is 1. The fraction of sp³-hybridized carbons (Fsp3) is 0.417. The SMILES string of the molecule is CN(C1CCOC1)S(=O)(=O)c1ccc(C(N)=S)c(Cl)c1. The highest BCUT2D eigenvalue weighted by molar-refractivity contribution is 7.89. The smallest absolute Gasteiger partial charge is 0.243 e. The van der Waals surface area contributed by atoms with E-state index in [9.17, 15) is 8.42 Å². The van der Waals surface area contributed by atoms with Gasteiger partial charge in [-0.3, -0.25) is 0 Å². The van der Waals surface area contributed by atoms with Gasteiger partial charge in [-0.15, -0.1) is 0 Å². The first-order chi connectivity index (χ1) is 9.34. The molecule has 0 bridgehead atoms. The van der Waals surface area contributed by atoms with E-state index in [1.807, 2.05) is 0 Å². The molecule has 0 saturated carbocycles. The standard InChI is InChI=1S/C12H15ClN2O3S2/c1-15(8-4-5-18-7-8)20(16,17)9-2-3-10(12(14)19)11(13)6-9/h2-3,6,8H,4-5,7H2,1H3,(H2,14,19). The highest BCUT2D eigenvalue weighted by Gasteiger charge is 2.30. The molecule has 1 fully saturated rings. The molecule has 1 aromatic carbocycles. The predicted octanol–water partition coefficient (Wildman–Crippen LogP) is 1.38. The van der Waals surface area contributed by atoms with Gasteiger partial charge in [-0.05, 0) is 24.6 Å². The maximum absolute atomic E-state index is 12.5. The van der Waals surface area contributed by atoms with Crippen LogP contribution in [0.3, 0.4) is 0 Å². The second-order valence-corrected chi connectivity index (χ2v) is 7.39. The third kappa shape index (κ3) is 2.96. The molecule has 2 rings (SSSR count). The van der Waals surface area contributed by atoms with Crippen LogP contribution in [0.25, 0.3) is 0 Å². The Bertz CT molecular complexity index is 628. The fourth-order valence-corrected chi connectivity index (χ4v) is 4.01. The Balaban J connectivity index is 2.34. The van der Waals surface area contributed by atoms with Crippen LogP contribution in [-0.2, 0) is 14.8 Å². The molecule has 0 aliphatic carbocycles. The number of halogens is 1. The number of thiocarbonyl (C=S) groups is 1. The summed E-state index contributed by atoms with van der Waals surface area (Å²) in [7, 11) is -2.06. The second-order valence-electron chi connectivity index (χ2n) is 4.54. The van der Waals surface area contributed by atoms with E-state index in [-0.39, 0.29) is 20.9 Å². The molecule has 1 unspecified atom stereocenters. The summed E-state index contributed by atoms with van der Waals surface area (Å²) in [6.07, 6.45) is 0.689. The normalized spacial score (nSPS) is 19.4. The van der Waals surface area contributed by atoms with Crippen molar-refractivity contribution in [2.24, 2.45) is 5.73 Å². The molecule has 1 aromatic rings. The Hall–Kier alpha value is -0.730. The zero-order chi connectivity index (χ0) is 14.9. The summed E-state index contributed by atoms with van der Waals surface area (Å²) in [5, 5.41) is 0.231. The highest BCUT2D eigenvalue weighted by atomic mass is 35.5. The fourth-order valence-electron chi connectivity index (χ4n) is 2.03. The summed E-state index contributed by atoms with van der Waals surface area (Å²) in [6, 6.07) is 4.21. The summed E-state index contributed by atoms with van der Waals surface area (Å²) >= 11 is 10.9. The van der Waals surface area contributed by atoms with Crippen molar-refractivity contribution in [3.63, 3.8) is 0 Å². The van der Waals surface area contributed by atoms with Crippen molar-refractivity contribution in [3.05, 3.63) is 28.8 Å². The molecular weight excluding hydrogens is 320 g/mol. The average Bonchev–Trinajstić information content (AvgIpc) is 2.90. The number of rotatable bonds is 4. The third-order valence-corrected chi connectivity index (χ3v) is 5.74. The van der Waals surface area contributed by atoms with Crippen LogP contribution >= 0.6 is 23.8 Å². The molecule has 0 spiro atoms. The first-order valence-corrected chi connectivity index (χ1v) is 8.22. The molecule has 5 nitrogen and oxygen atoms in total. The van der Waals surface area contributed by atoms with Crippen LogP contribution in [0.4, 0.5) is 0 Å². The van der Waals surface area contributed by atoms with Gasteiger partial charge in [0.2, 0.25) is 10.0 Å². The molecule has 1 heterocycles. The monoisotopic (exact) mass is 334 g/mol. The number of nitrogens with zero attached hydrogens (tertiary/aromatic N) is 1. The van der Waals surface area contributed by atoms with Crippen LogP contribution in [0.15, 0.2) is 23.1 Å². The maximum Gasteiger partial charge on any atom is 0.243 e. The van der Waals surface area contributed by atoms with Crippen LogP contribution in [0.5, 0.6) is 0 Å². The molecule has 20 heavy (non-hydrogen) atoms. The average molecular weight is 335 g/mol. The van der Waals surface area contributed by atoms with Crippen molar-refractivity contribution in [1.82, 2.24) is 4.31 Å². The van der Waals surface area contributed by atoms with Crippen molar-refractivity contribution in [1.29, 1.82) is 0 Å². The molecule has 0 amide bonds. The van der Waals surface area contributed by atoms with Crippen molar-refractivity contribution in [3.8, 4) is 0 Å². The van der Waals surface area contributed by atoms with Crippen LogP contribution in [0.2, 0.25) is 5.02 Å². The summed E-state index contributed by atoms with van der Waals surface area (Å²) < 4.78 is 31.5. The van der Waals surface area contributed by atoms with Crippen LogP contribution < -0.4 is 5.73 Å². The quantitative estimate of drug-likeness (QED) is 0.842. The number of benzene rings is 1. The Morgan fingerprint density at radius 1 is 1.55 bits per heavy atom. The Kier molecular flexibility index (Phi) is 4.66. The number of hydrogen-bond donors (Lipinski definition) is 1. The van der Waals surface area contributed by atoms with Gasteiger partial charge in [0.15, 0.2) is 0 Å². The van der Waals surface area contributed by atoms with E-state index in [2.05, 4.69) is 0 Å². The molecule has 1 aliphatic heterocycles. The van der Waals surface area contributed by atoms with E-state index in [4.69, 9.17) is 34.3 Å². The largest absolute Gasteiger partial charge is 0.389 e. The lowest BCUT2D eigenvalue weighted by Crippen LogP contribution is -2.37. The summed E-state index contributed by atoms with van der Waals surface area (Å²) in [4.78, 5) is 0.258. The molecule has 1 saturated heterocycles. The molecule has 110 valence electrons. The van der Waals surface area contributed by atoms with Crippen LogP contribution in [-0.4, -0.2) is 44.0 Å². The van der Waals surface area contributed by atoms with Crippen molar-refractivity contribution < 1.29 is 13.2 Å². The first-order valence-electron chi connectivity index (χ1n) is 5.99. The number of likely N-dealkylation sites (N-methyl/N-ethyl adjacent to an activating group) is 1. The first kappa shape index (κ1) is 15.7. The van der Waals surface area contributed by atoms with E-state index in [0.29, 0.717) is 25.2 Å². The minimum absolute atomic E-state index is 0.122. The van der Waals surface area contributed by atoms with Gasteiger partial charge >= 0.3 is 0 Å². The summed E-state index contributed by atoms with van der Waals surface area (Å²) in [5.74, 6) is 0.